The lowest BCUT2D eigenvalue weighted by molar-refractivity contribution is -0.117. The largest absolute Gasteiger partial charge is 0.356 e. The molecule has 2 saturated heterocycles. The van der Waals surface area contributed by atoms with Crippen LogP contribution in [0.3, 0.4) is 0 Å². The third-order valence-corrected chi connectivity index (χ3v) is 5.37. The number of piperidine rings is 1. The third-order valence-electron chi connectivity index (χ3n) is 5.37. The molecule has 1 amide bonds. The number of hydrogen-bond acceptors (Lipinski definition) is 3. The lowest BCUT2D eigenvalue weighted by Crippen LogP contribution is -2.47. The molecule has 6 heteroatoms. The van der Waals surface area contributed by atoms with Crippen molar-refractivity contribution in [2.24, 2.45) is 10.9 Å². The van der Waals surface area contributed by atoms with Gasteiger partial charge in [0.1, 0.15) is 0 Å². The molecule has 2 fully saturated rings. The summed E-state index contributed by atoms with van der Waals surface area (Å²) in [6.45, 7) is 7.34. The van der Waals surface area contributed by atoms with Gasteiger partial charge < -0.3 is 20.4 Å². The number of benzene rings is 1. The van der Waals surface area contributed by atoms with Crippen molar-refractivity contribution in [3.63, 3.8) is 0 Å². The highest BCUT2D eigenvalue weighted by atomic mass is 16.2. The van der Waals surface area contributed by atoms with E-state index in [1.165, 1.54) is 19.4 Å². The molecule has 3 rings (SSSR count). The van der Waals surface area contributed by atoms with Crippen LogP contribution in [0.5, 0.6) is 0 Å². The van der Waals surface area contributed by atoms with E-state index in [0.29, 0.717) is 18.9 Å². The van der Waals surface area contributed by atoms with E-state index in [-0.39, 0.29) is 11.9 Å². The van der Waals surface area contributed by atoms with Gasteiger partial charge in [0.15, 0.2) is 5.96 Å². The van der Waals surface area contributed by atoms with Crippen LogP contribution in [-0.4, -0.2) is 62.6 Å². The fourth-order valence-corrected chi connectivity index (χ4v) is 3.90. The molecule has 0 aromatic heterocycles. The Morgan fingerprint density at radius 2 is 2.08 bits per heavy atom. The Morgan fingerprint density at radius 3 is 2.81 bits per heavy atom. The molecule has 1 aromatic rings. The minimum atomic E-state index is 0.0902. The number of nitrogens with one attached hydrogen (secondary N) is 2. The Kier molecular flexibility index (Phi) is 6.50. The van der Waals surface area contributed by atoms with Gasteiger partial charge in [-0.05, 0) is 44.0 Å². The predicted octanol–water partition coefficient (Wildman–Crippen LogP) is 1.69. The van der Waals surface area contributed by atoms with E-state index in [1.807, 2.05) is 35.2 Å². The van der Waals surface area contributed by atoms with Crippen molar-refractivity contribution in [3.8, 4) is 0 Å². The highest BCUT2D eigenvalue weighted by Gasteiger charge is 2.31. The first-order valence-corrected chi connectivity index (χ1v) is 9.74. The molecule has 0 radical (unpaired) electrons. The van der Waals surface area contributed by atoms with Crippen LogP contribution in [0.25, 0.3) is 0 Å². The zero-order valence-electron chi connectivity index (χ0n) is 15.9. The summed E-state index contributed by atoms with van der Waals surface area (Å²) in [5, 5.41) is 6.89. The predicted molar refractivity (Wildman–Crippen MR) is 107 cm³/mol. The molecule has 0 aliphatic carbocycles. The fourth-order valence-electron chi connectivity index (χ4n) is 3.90. The van der Waals surface area contributed by atoms with Crippen LogP contribution in [0, 0.1) is 5.92 Å². The van der Waals surface area contributed by atoms with Gasteiger partial charge in [-0.25, -0.2) is 0 Å². The summed E-state index contributed by atoms with van der Waals surface area (Å²) in [5.74, 6) is 1.62. The van der Waals surface area contributed by atoms with Crippen LogP contribution >= 0.6 is 0 Å². The van der Waals surface area contributed by atoms with E-state index in [2.05, 4.69) is 27.4 Å². The van der Waals surface area contributed by atoms with Gasteiger partial charge in [0.25, 0.3) is 0 Å². The summed E-state index contributed by atoms with van der Waals surface area (Å²) in [6.07, 6.45) is 3.04. The van der Waals surface area contributed by atoms with E-state index >= 15 is 0 Å². The molecular weight excluding hydrogens is 326 g/mol. The van der Waals surface area contributed by atoms with Crippen molar-refractivity contribution in [2.45, 2.75) is 32.2 Å². The van der Waals surface area contributed by atoms with Crippen molar-refractivity contribution >= 4 is 17.6 Å². The minimum Gasteiger partial charge on any atom is -0.356 e. The van der Waals surface area contributed by atoms with Gasteiger partial charge in [0.2, 0.25) is 5.91 Å². The number of amides is 1. The van der Waals surface area contributed by atoms with E-state index < -0.39 is 0 Å². The third kappa shape index (κ3) is 4.75. The summed E-state index contributed by atoms with van der Waals surface area (Å²) in [7, 11) is 1.79. The molecule has 1 aromatic carbocycles. The number of nitrogens with zero attached hydrogens (tertiary/aromatic N) is 3. The summed E-state index contributed by atoms with van der Waals surface area (Å²) >= 11 is 0. The Morgan fingerprint density at radius 1 is 1.27 bits per heavy atom. The minimum absolute atomic E-state index is 0.0902. The first-order valence-electron chi connectivity index (χ1n) is 9.74. The zero-order valence-corrected chi connectivity index (χ0v) is 15.9. The van der Waals surface area contributed by atoms with Gasteiger partial charge in [0, 0.05) is 38.8 Å². The number of carbonyl (C=O) groups is 1. The van der Waals surface area contributed by atoms with E-state index in [0.717, 1.165) is 31.3 Å². The molecule has 26 heavy (non-hydrogen) atoms. The van der Waals surface area contributed by atoms with Crippen LogP contribution in [-0.2, 0) is 4.79 Å². The van der Waals surface area contributed by atoms with Crippen LogP contribution in [0.1, 0.15) is 26.2 Å². The summed E-state index contributed by atoms with van der Waals surface area (Å²) in [4.78, 5) is 21.1. The Hall–Kier alpha value is -2.08. The number of guanidine groups is 1. The molecule has 2 N–H and O–H groups in total. The lowest BCUT2D eigenvalue weighted by Gasteiger charge is -2.32. The first kappa shape index (κ1) is 18.7. The smallest absolute Gasteiger partial charge is 0.229 e. The van der Waals surface area contributed by atoms with Crippen LogP contribution in [0.15, 0.2) is 35.3 Å². The quantitative estimate of drug-likeness (QED) is 0.622. The standard InChI is InChI=1S/C20H31N5O/c1-3-24-11-7-8-16(14-24)13-22-20(21-2)23-17-12-19(26)25(15-17)18-9-5-4-6-10-18/h4-6,9-10,16-17H,3,7-8,11-15H2,1-2H3,(H2,21,22,23). The lowest BCUT2D eigenvalue weighted by atomic mass is 9.98. The Bertz CT molecular complexity index is 618. The molecule has 2 heterocycles. The average Bonchev–Trinajstić information content (AvgIpc) is 3.06. The second-order valence-electron chi connectivity index (χ2n) is 7.24. The van der Waals surface area contributed by atoms with Crippen molar-refractivity contribution in [1.82, 2.24) is 15.5 Å². The van der Waals surface area contributed by atoms with E-state index in [4.69, 9.17) is 0 Å². The van der Waals surface area contributed by atoms with Crippen LogP contribution in [0.2, 0.25) is 0 Å². The molecule has 142 valence electrons. The van der Waals surface area contributed by atoms with E-state index in [1.54, 1.807) is 7.05 Å². The van der Waals surface area contributed by atoms with Gasteiger partial charge in [0.05, 0.1) is 6.04 Å². The molecule has 2 aliphatic rings. The number of aliphatic imine (C=N–C) groups is 1. The average molecular weight is 358 g/mol. The van der Waals surface area contributed by atoms with Crippen molar-refractivity contribution in [2.75, 3.05) is 44.7 Å². The highest BCUT2D eigenvalue weighted by Crippen LogP contribution is 2.21. The zero-order chi connectivity index (χ0) is 18.4. The monoisotopic (exact) mass is 357 g/mol. The fraction of sp³-hybridized carbons (Fsp3) is 0.600. The van der Waals surface area contributed by atoms with Crippen LogP contribution in [0.4, 0.5) is 5.69 Å². The van der Waals surface area contributed by atoms with Gasteiger partial charge in [-0.1, -0.05) is 25.1 Å². The normalized spacial score (nSPS) is 24.8. The van der Waals surface area contributed by atoms with Crippen molar-refractivity contribution in [3.05, 3.63) is 30.3 Å². The van der Waals surface area contributed by atoms with Crippen LogP contribution < -0.4 is 15.5 Å². The number of hydrogen-bond donors (Lipinski definition) is 2. The highest BCUT2D eigenvalue weighted by molar-refractivity contribution is 5.97. The molecule has 0 saturated carbocycles. The maximum atomic E-state index is 12.3. The number of para-hydroxylation sites is 1. The SMILES string of the molecule is CCN1CCCC(CNC(=NC)NC2CC(=O)N(c3ccccc3)C2)C1. The molecule has 6 nitrogen and oxygen atoms in total. The molecule has 0 bridgehead atoms. The van der Waals surface area contributed by atoms with E-state index in [9.17, 15) is 4.79 Å². The molecule has 0 spiro atoms. The topological polar surface area (TPSA) is 60.0 Å². The number of anilines is 1. The van der Waals surface area contributed by atoms with Gasteiger partial charge in [-0.2, -0.15) is 0 Å². The second-order valence-corrected chi connectivity index (χ2v) is 7.24. The molecular formula is C20H31N5O. The second kappa shape index (κ2) is 9.03. The summed E-state index contributed by atoms with van der Waals surface area (Å²) in [5.41, 5.74) is 0.964. The maximum Gasteiger partial charge on any atom is 0.229 e. The van der Waals surface area contributed by atoms with Gasteiger partial charge in [-0.15, -0.1) is 0 Å². The van der Waals surface area contributed by atoms with Crippen molar-refractivity contribution < 1.29 is 4.79 Å². The molecule has 2 unspecified atom stereocenters. The van der Waals surface area contributed by atoms with Crippen molar-refractivity contribution in [1.29, 1.82) is 0 Å². The number of rotatable bonds is 5. The summed E-state index contributed by atoms with van der Waals surface area (Å²) in [6, 6.07) is 9.95. The van der Waals surface area contributed by atoms with Gasteiger partial charge >= 0.3 is 0 Å². The molecule has 2 atom stereocenters. The summed E-state index contributed by atoms with van der Waals surface area (Å²) < 4.78 is 0. The Balaban J connectivity index is 1.49. The molecule has 2 aliphatic heterocycles. The maximum absolute atomic E-state index is 12.3. The Labute approximate surface area is 156 Å². The number of likely N-dealkylation sites (tertiary alicyclic amines) is 1. The van der Waals surface area contributed by atoms with Gasteiger partial charge in [-0.3, -0.25) is 9.79 Å². The number of carbonyl (C=O) groups excluding carboxylic acids is 1. The first-order chi connectivity index (χ1) is 12.7.